The van der Waals surface area contributed by atoms with E-state index in [0.29, 0.717) is 12.1 Å². The maximum absolute atomic E-state index is 5.89. The zero-order valence-corrected chi connectivity index (χ0v) is 12.2. The number of hydrogen-bond donors (Lipinski definition) is 1. The predicted molar refractivity (Wildman–Crippen MR) is 74.3 cm³/mol. The standard InChI is InChI=1S/C15H31NO/c1-5-12-8-10-13(11-9-12)15(16-4)14(6-2)17-7-3/h12-16H,5-11H2,1-4H3. The zero-order valence-electron chi connectivity index (χ0n) is 12.2. The van der Waals surface area contributed by atoms with Gasteiger partial charge in [-0.1, -0.05) is 33.1 Å². The molecule has 1 rings (SSSR count). The van der Waals surface area contributed by atoms with Crippen LogP contribution in [0.2, 0.25) is 0 Å². The van der Waals surface area contributed by atoms with Crippen molar-refractivity contribution < 1.29 is 4.74 Å². The summed E-state index contributed by atoms with van der Waals surface area (Å²) in [6.07, 6.45) is 8.48. The molecule has 2 nitrogen and oxygen atoms in total. The smallest absolute Gasteiger partial charge is 0.0727 e. The number of likely N-dealkylation sites (N-methyl/N-ethyl adjacent to an activating group) is 1. The van der Waals surface area contributed by atoms with E-state index >= 15 is 0 Å². The molecule has 1 aliphatic rings. The molecule has 1 N–H and O–H groups in total. The SMILES string of the molecule is CCOC(CC)C(NC)C1CCC(CC)CC1. The fourth-order valence-electron chi connectivity index (χ4n) is 3.37. The number of rotatable bonds is 7. The maximum atomic E-state index is 5.89. The Bertz CT molecular complexity index is 187. The van der Waals surface area contributed by atoms with Gasteiger partial charge in [0.25, 0.3) is 0 Å². The van der Waals surface area contributed by atoms with Crippen LogP contribution < -0.4 is 5.32 Å². The van der Waals surface area contributed by atoms with Crippen molar-refractivity contribution in [2.24, 2.45) is 11.8 Å². The van der Waals surface area contributed by atoms with Crippen molar-refractivity contribution in [1.29, 1.82) is 0 Å². The maximum Gasteiger partial charge on any atom is 0.0727 e. The molecule has 0 amide bonds. The highest BCUT2D eigenvalue weighted by Crippen LogP contribution is 2.34. The van der Waals surface area contributed by atoms with Gasteiger partial charge in [-0.25, -0.2) is 0 Å². The fourth-order valence-corrected chi connectivity index (χ4v) is 3.37. The van der Waals surface area contributed by atoms with Gasteiger partial charge in [0.2, 0.25) is 0 Å². The van der Waals surface area contributed by atoms with Crippen LogP contribution in [0.15, 0.2) is 0 Å². The van der Waals surface area contributed by atoms with Crippen molar-refractivity contribution in [2.75, 3.05) is 13.7 Å². The van der Waals surface area contributed by atoms with E-state index in [4.69, 9.17) is 4.74 Å². The second kappa shape index (κ2) is 8.10. The van der Waals surface area contributed by atoms with E-state index in [2.05, 4.69) is 33.1 Å². The summed E-state index contributed by atoms with van der Waals surface area (Å²) in [4.78, 5) is 0. The van der Waals surface area contributed by atoms with Crippen molar-refractivity contribution >= 4 is 0 Å². The van der Waals surface area contributed by atoms with Crippen LogP contribution in [0, 0.1) is 11.8 Å². The van der Waals surface area contributed by atoms with Crippen LogP contribution in [-0.4, -0.2) is 25.8 Å². The molecular formula is C15H31NO. The predicted octanol–water partition coefficient (Wildman–Crippen LogP) is 3.61. The van der Waals surface area contributed by atoms with E-state index in [0.717, 1.165) is 24.9 Å². The van der Waals surface area contributed by atoms with E-state index in [1.54, 1.807) is 0 Å². The lowest BCUT2D eigenvalue weighted by molar-refractivity contribution is 0.00894. The van der Waals surface area contributed by atoms with Gasteiger partial charge in [-0.15, -0.1) is 0 Å². The molecule has 0 aromatic rings. The molecule has 2 atom stereocenters. The topological polar surface area (TPSA) is 21.3 Å². The summed E-state index contributed by atoms with van der Waals surface area (Å²) in [5.74, 6) is 1.80. The molecule has 0 aliphatic heterocycles. The monoisotopic (exact) mass is 241 g/mol. The van der Waals surface area contributed by atoms with Gasteiger partial charge >= 0.3 is 0 Å². The molecule has 1 fully saturated rings. The molecule has 0 heterocycles. The lowest BCUT2D eigenvalue weighted by atomic mass is 9.76. The van der Waals surface area contributed by atoms with Gasteiger partial charge in [-0.2, -0.15) is 0 Å². The molecule has 1 aliphatic carbocycles. The summed E-state index contributed by atoms with van der Waals surface area (Å²) in [6, 6.07) is 0.553. The third-order valence-corrected chi connectivity index (χ3v) is 4.49. The summed E-state index contributed by atoms with van der Waals surface area (Å²) in [5, 5.41) is 3.52. The molecule has 17 heavy (non-hydrogen) atoms. The quantitative estimate of drug-likeness (QED) is 0.735. The molecule has 2 heteroatoms. The zero-order chi connectivity index (χ0) is 12.7. The molecule has 0 bridgehead atoms. The van der Waals surface area contributed by atoms with E-state index < -0.39 is 0 Å². The highest BCUT2D eigenvalue weighted by molar-refractivity contribution is 4.86. The Balaban J connectivity index is 2.49. The molecule has 1 saturated carbocycles. The average Bonchev–Trinajstić information content (AvgIpc) is 2.39. The van der Waals surface area contributed by atoms with Gasteiger partial charge in [0.05, 0.1) is 6.10 Å². The summed E-state index contributed by atoms with van der Waals surface area (Å²) in [6.45, 7) is 7.50. The van der Waals surface area contributed by atoms with Crippen LogP contribution >= 0.6 is 0 Å². The van der Waals surface area contributed by atoms with Gasteiger partial charge in [-0.05, 0) is 45.1 Å². The van der Waals surface area contributed by atoms with Gasteiger partial charge < -0.3 is 10.1 Å². The van der Waals surface area contributed by atoms with Crippen LogP contribution in [0.1, 0.15) is 59.3 Å². The molecule has 0 radical (unpaired) electrons. The highest BCUT2D eigenvalue weighted by Gasteiger charge is 2.30. The molecule has 2 unspecified atom stereocenters. The van der Waals surface area contributed by atoms with Crippen molar-refractivity contribution in [2.45, 2.75) is 71.4 Å². The summed E-state index contributed by atoms with van der Waals surface area (Å²) in [5.41, 5.74) is 0. The van der Waals surface area contributed by atoms with Gasteiger partial charge in [0, 0.05) is 12.6 Å². The summed E-state index contributed by atoms with van der Waals surface area (Å²) < 4.78 is 5.89. The largest absolute Gasteiger partial charge is 0.377 e. The number of hydrogen-bond acceptors (Lipinski definition) is 2. The summed E-state index contributed by atoms with van der Waals surface area (Å²) in [7, 11) is 2.10. The lowest BCUT2D eigenvalue weighted by Crippen LogP contribution is -2.46. The van der Waals surface area contributed by atoms with Crippen LogP contribution in [-0.2, 0) is 4.74 Å². The minimum Gasteiger partial charge on any atom is -0.377 e. The molecule has 0 aromatic heterocycles. The number of nitrogens with one attached hydrogen (secondary N) is 1. The fraction of sp³-hybridized carbons (Fsp3) is 1.00. The van der Waals surface area contributed by atoms with Crippen molar-refractivity contribution in [3.8, 4) is 0 Å². The first kappa shape index (κ1) is 15.0. The Morgan fingerprint density at radius 3 is 2.18 bits per heavy atom. The van der Waals surface area contributed by atoms with Crippen LogP contribution in [0.4, 0.5) is 0 Å². The third kappa shape index (κ3) is 4.26. The molecule has 0 spiro atoms. The Morgan fingerprint density at radius 2 is 1.76 bits per heavy atom. The normalized spacial score (nSPS) is 28.9. The molecule has 0 aromatic carbocycles. The van der Waals surface area contributed by atoms with Gasteiger partial charge in [0.1, 0.15) is 0 Å². The summed E-state index contributed by atoms with van der Waals surface area (Å²) >= 11 is 0. The number of ether oxygens (including phenoxy) is 1. The third-order valence-electron chi connectivity index (χ3n) is 4.49. The van der Waals surface area contributed by atoms with E-state index in [1.165, 1.54) is 32.1 Å². The van der Waals surface area contributed by atoms with Crippen LogP contribution in [0.25, 0.3) is 0 Å². The van der Waals surface area contributed by atoms with E-state index in [1.807, 2.05) is 0 Å². The first-order valence-electron chi connectivity index (χ1n) is 7.55. The second-order valence-corrected chi connectivity index (χ2v) is 5.41. The van der Waals surface area contributed by atoms with Crippen molar-refractivity contribution in [3.63, 3.8) is 0 Å². The Kier molecular flexibility index (Phi) is 7.14. The first-order chi connectivity index (χ1) is 8.26. The van der Waals surface area contributed by atoms with E-state index in [-0.39, 0.29) is 0 Å². The Hall–Kier alpha value is -0.0800. The minimum atomic E-state index is 0.396. The van der Waals surface area contributed by atoms with Crippen LogP contribution in [0.5, 0.6) is 0 Å². The molecular weight excluding hydrogens is 210 g/mol. The van der Waals surface area contributed by atoms with Gasteiger partial charge in [-0.3, -0.25) is 0 Å². The van der Waals surface area contributed by atoms with Crippen molar-refractivity contribution in [1.82, 2.24) is 5.32 Å². The van der Waals surface area contributed by atoms with E-state index in [9.17, 15) is 0 Å². The van der Waals surface area contributed by atoms with Gasteiger partial charge in [0.15, 0.2) is 0 Å². The van der Waals surface area contributed by atoms with Crippen LogP contribution in [0.3, 0.4) is 0 Å². The highest BCUT2D eigenvalue weighted by atomic mass is 16.5. The lowest BCUT2D eigenvalue weighted by Gasteiger charge is -2.37. The first-order valence-corrected chi connectivity index (χ1v) is 7.55. The Morgan fingerprint density at radius 1 is 1.12 bits per heavy atom. The Labute approximate surface area is 108 Å². The molecule has 0 saturated heterocycles. The molecule has 102 valence electrons. The minimum absolute atomic E-state index is 0.396. The average molecular weight is 241 g/mol. The second-order valence-electron chi connectivity index (χ2n) is 5.41. The van der Waals surface area contributed by atoms with Crippen molar-refractivity contribution in [3.05, 3.63) is 0 Å².